The summed E-state index contributed by atoms with van der Waals surface area (Å²) in [5.74, 6) is 0.333. The molecule has 3 aliphatic carbocycles. The Hall–Kier alpha value is -0.420. The largest absolute Gasteiger partial charge is 0.326 e. The van der Waals surface area contributed by atoms with E-state index in [1.54, 1.807) is 0 Å². The van der Waals surface area contributed by atoms with Crippen molar-refractivity contribution in [3.05, 3.63) is 12.2 Å². The van der Waals surface area contributed by atoms with E-state index in [0.717, 1.165) is 0 Å². The molecule has 0 spiro atoms. The lowest BCUT2D eigenvalue weighted by Gasteiger charge is -2.48. The van der Waals surface area contributed by atoms with Crippen LogP contribution in [0.5, 0.6) is 0 Å². The summed E-state index contributed by atoms with van der Waals surface area (Å²) in [7, 11) is 0. The molecule has 2 bridgehead atoms. The lowest BCUT2D eigenvalue weighted by molar-refractivity contribution is 0.183. The van der Waals surface area contributed by atoms with Crippen molar-refractivity contribution < 1.29 is 0 Å². The highest BCUT2D eigenvalue weighted by Crippen LogP contribution is 2.33. The first-order valence-electron chi connectivity index (χ1n) is 4.33. The predicted molar refractivity (Wildman–Crippen MR) is 48.0 cm³/mol. The summed E-state index contributed by atoms with van der Waals surface area (Å²) in [6, 6.07) is -0.0748. The number of nitrogens with two attached hydrogens (primary N) is 4. The van der Waals surface area contributed by atoms with Crippen molar-refractivity contribution in [2.75, 3.05) is 0 Å². The topological polar surface area (TPSA) is 104 Å². The molecule has 1 fully saturated rings. The van der Waals surface area contributed by atoms with Gasteiger partial charge in [0.25, 0.3) is 0 Å². The average Bonchev–Trinajstić information content (AvgIpc) is 2.05. The lowest BCUT2D eigenvalue weighted by atomic mass is 9.65. The fourth-order valence-corrected chi connectivity index (χ4v) is 2.31. The summed E-state index contributed by atoms with van der Waals surface area (Å²) in [5.41, 5.74) is 23.6. The third-order valence-corrected chi connectivity index (χ3v) is 3.22. The van der Waals surface area contributed by atoms with Gasteiger partial charge < -0.3 is 22.9 Å². The van der Waals surface area contributed by atoms with E-state index in [4.69, 9.17) is 22.9 Å². The maximum atomic E-state index is 5.90. The Morgan fingerprint density at radius 1 is 0.583 bits per heavy atom. The average molecular weight is 168 g/mol. The molecular formula is C8H16N4. The van der Waals surface area contributed by atoms with Crippen LogP contribution in [0.15, 0.2) is 12.2 Å². The van der Waals surface area contributed by atoms with Crippen LogP contribution in [0, 0.1) is 11.8 Å². The van der Waals surface area contributed by atoms with E-state index in [1.807, 2.05) is 0 Å². The summed E-state index contributed by atoms with van der Waals surface area (Å²) in [5, 5.41) is 0. The maximum absolute atomic E-state index is 5.90. The van der Waals surface area contributed by atoms with Gasteiger partial charge in [0.1, 0.15) is 0 Å². The van der Waals surface area contributed by atoms with Gasteiger partial charge in [-0.3, -0.25) is 0 Å². The number of rotatable bonds is 0. The lowest BCUT2D eigenvalue weighted by Crippen LogP contribution is -2.70. The van der Waals surface area contributed by atoms with E-state index in [9.17, 15) is 0 Å². The van der Waals surface area contributed by atoms with E-state index in [-0.39, 0.29) is 36.0 Å². The standard InChI is InChI=1S/C8H16N4/c9-5-3-1-2-4(7(5)11)8(12)6(3)10/h1-8H,9-12H2. The molecule has 3 rings (SSSR count). The number of hydrogen-bond donors (Lipinski definition) is 4. The molecule has 8 N–H and O–H groups in total. The second-order valence-corrected chi connectivity index (χ2v) is 3.85. The van der Waals surface area contributed by atoms with Crippen molar-refractivity contribution in [2.45, 2.75) is 24.2 Å². The minimum absolute atomic E-state index is 0.0187. The third-order valence-electron chi connectivity index (χ3n) is 3.22. The normalized spacial score (nSPS) is 57.7. The minimum Gasteiger partial charge on any atom is -0.326 e. The van der Waals surface area contributed by atoms with Gasteiger partial charge in [-0.1, -0.05) is 12.2 Å². The molecule has 4 heteroatoms. The first-order valence-corrected chi connectivity index (χ1v) is 4.33. The number of hydrogen-bond acceptors (Lipinski definition) is 4. The van der Waals surface area contributed by atoms with Gasteiger partial charge in [-0.15, -0.1) is 0 Å². The van der Waals surface area contributed by atoms with Gasteiger partial charge in [-0.2, -0.15) is 0 Å². The van der Waals surface area contributed by atoms with Crippen LogP contribution in [0.3, 0.4) is 0 Å². The van der Waals surface area contributed by atoms with Gasteiger partial charge in [-0.25, -0.2) is 0 Å². The molecule has 4 unspecified atom stereocenters. The van der Waals surface area contributed by atoms with Crippen LogP contribution in [0.4, 0.5) is 0 Å². The fourth-order valence-electron chi connectivity index (χ4n) is 2.31. The molecule has 68 valence electrons. The zero-order chi connectivity index (χ0) is 8.88. The molecule has 0 heterocycles. The summed E-state index contributed by atoms with van der Waals surface area (Å²) in [6.45, 7) is 0. The maximum Gasteiger partial charge on any atom is 0.0278 e. The van der Waals surface area contributed by atoms with Crippen LogP contribution < -0.4 is 22.9 Å². The van der Waals surface area contributed by atoms with Gasteiger partial charge in [-0.05, 0) is 0 Å². The first-order chi connectivity index (χ1) is 5.63. The highest BCUT2D eigenvalue weighted by molar-refractivity contribution is 5.21. The van der Waals surface area contributed by atoms with Crippen molar-refractivity contribution in [1.29, 1.82) is 0 Å². The van der Waals surface area contributed by atoms with E-state index in [1.165, 1.54) is 0 Å². The van der Waals surface area contributed by atoms with Crippen molar-refractivity contribution in [1.82, 2.24) is 0 Å². The van der Waals surface area contributed by atoms with Gasteiger partial charge in [0, 0.05) is 36.0 Å². The van der Waals surface area contributed by atoms with Crippen LogP contribution >= 0.6 is 0 Å². The van der Waals surface area contributed by atoms with Crippen LogP contribution in [0.1, 0.15) is 0 Å². The van der Waals surface area contributed by atoms with Gasteiger partial charge in [0.2, 0.25) is 0 Å². The Labute approximate surface area is 72.0 Å². The van der Waals surface area contributed by atoms with Crippen LogP contribution in [0.25, 0.3) is 0 Å². The third kappa shape index (κ3) is 0.863. The van der Waals surface area contributed by atoms with E-state index < -0.39 is 0 Å². The zero-order valence-corrected chi connectivity index (χ0v) is 6.93. The Balaban J connectivity index is 2.32. The molecule has 12 heavy (non-hydrogen) atoms. The van der Waals surface area contributed by atoms with Crippen molar-refractivity contribution in [2.24, 2.45) is 34.8 Å². The second-order valence-electron chi connectivity index (χ2n) is 3.85. The minimum atomic E-state index is -0.0187. The Morgan fingerprint density at radius 3 is 1.08 bits per heavy atom. The van der Waals surface area contributed by atoms with Gasteiger partial charge in [0.05, 0.1) is 0 Å². The SMILES string of the molecule is NC1C(N)C2C=CC1C(N)C2N. The van der Waals surface area contributed by atoms with Crippen molar-refractivity contribution in [3.63, 3.8) is 0 Å². The molecule has 0 amide bonds. The molecular weight excluding hydrogens is 152 g/mol. The Morgan fingerprint density at radius 2 is 0.833 bits per heavy atom. The Kier molecular flexibility index (Phi) is 1.73. The molecule has 0 saturated heterocycles. The van der Waals surface area contributed by atoms with E-state index >= 15 is 0 Å². The second kappa shape index (κ2) is 2.53. The number of fused-ring (bicyclic) bond motifs is 2. The first kappa shape index (κ1) is 8.19. The summed E-state index contributed by atoms with van der Waals surface area (Å²) in [6.07, 6.45) is 4.12. The summed E-state index contributed by atoms with van der Waals surface area (Å²) < 4.78 is 0. The molecule has 3 aliphatic rings. The summed E-state index contributed by atoms with van der Waals surface area (Å²) in [4.78, 5) is 0. The van der Waals surface area contributed by atoms with Crippen LogP contribution in [-0.2, 0) is 0 Å². The molecule has 1 saturated carbocycles. The van der Waals surface area contributed by atoms with E-state index in [2.05, 4.69) is 12.2 Å². The molecule has 0 aromatic heterocycles. The smallest absolute Gasteiger partial charge is 0.0278 e. The molecule has 4 atom stereocenters. The fraction of sp³-hybridized carbons (Fsp3) is 0.750. The van der Waals surface area contributed by atoms with Gasteiger partial charge >= 0.3 is 0 Å². The van der Waals surface area contributed by atoms with E-state index in [0.29, 0.717) is 0 Å². The van der Waals surface area contributed by atoms with Crippen LogP contribution in [-0.4, -0.2) is 24.2 Å². The molecule has 0 radical (unpaired) electrons. The Bertz CT molecular complexity index is 177. The molecule has 4 nitrogen and oxygen atoms in total. The van der Waals surface area contributed by atoms with Crippen molar-refractivity contribution in [3.8, 4) is 0 Å². The predicted octanol–water partition coefficient (Wildman–Crippen LogP) is -1.89. The molecule has 0 aromatic carbocycles. The highest BCUT2D eigenvalue weighted by atomic mass is 14.9. The highest BCUT2D eigenvalue weighted by Gasteiger charge is 2.45. The molecule has 0 aliphatic heterocycles. The summed E-state index contributed by atoms with van der Waals surface area (Å²) >= 11 is 0. The zero-order valence-electron chi connectivity index (χ0n) is 6.93. The van der Waals surface area contributed by atoms with Crippen LogP contribution in [0.2, 0.25) is 0 Å². The monoisotopic (exact) mass is 168 g/mol. The van der Waals surface area contributed by atoms with Crippen molar-refractivity contribution >= 4 is 0 Å². The van der Waals surface area contributed by atoms with Gasteiger partial charge in [0.15, 0.2) is 0 Å². The quantitative estimate of drug-likeness (QED) is 0.317. The molecule has 0 aromatic rings.